The number of piperidine rings is 1. The van der Waals surface area contributed by atoms with E-state index >= 15 is 0 Å². The van der Waals surface area contributed by atoms with Crippen LogP contribution in [0.15, 0.2) is 30.6 Å². The van der Waals surface area contributed by atoms with Crippen molar-refractivity contribution >= 4 is 39.0 Å². The van der Waals surface area contributed by atoms with Crippen molar-refractivity contribution in [1.29, 1.82) is 0 Å². The molecule has 4 aromatic rings. The third-order valence-corrected chi connectivity index (χ3v) is 6.76. The van der Waals surface area contributed by atoms with Crippen LogP contribution in [0, 0.1) is 5.92 Å². The molecule has 0 atom stereocenters. The highest BCUT2D eigenvalue weighted by Gasteiger charge is 2.16. The highest BCUT2D eigenvalue weighted by molar-refractivity contribution is 7.18. The van der Waals surface area contributed by atoms with Gasteiger partial charge in [-0.05, 0) is 49.9 Å². The first-order valence-corrected chi connectivity index (χ1v) is 11.8. The number of thiazole rings is 1. The quantitative estimate of drug-likeness (QED) is 0.405. The maximum atomic E-state index is 4.90. The van der Waals surface area contributed by atoms with Crippen molar-refractivity contribution in [2.45, 2.75) is 39.2 Å². The van der Waals surface area contributed by atoms with E-state index < -0.39 is 0 Å². The summed E-state index contributed by atoms with van der Waals surface area (Å²) in [7, 11) is 0. The van der Waals surface area contributed by atoms with Crippen molar-refractivity contribution in [3.63, 3.8) is 0 Å². The average Bonchev–Trinajstić information content (AvgIpc) is 3.40. The summed E-state index contributed by atoms with van der Waals surface area (Å²) in [4.78, 5) is 15.0. The van der Waals surface area contributed by atoms with Crippen molar-refractivity contribution < 1.29 is 0 Å². The fraction of sp³-hybridized carbons (Fsp3) is 0.455. The predicted octanol–water partition coefficient (Wildman–Crippen LogP) is 3.88. The Morgan fingerprint density at radius 2 is 2.10 bits per heavy atom. The fourth-order valence-electron chi connectivity index (χ4n) is 3.99. The standard InChI is InChI=1S/C22H28N8S/c1-14(2)16-12-27-30-19(26-13-20-28-17-4-3-7-24-22(17)31-20)10-18(29-21(16)30)25-11-15-5-8-23-9-6-15/h3-4,7,10,12,14-15,23,26H,5-6,8-9,11,13H2,1-2H3,(H,25,29). The van der Waals surface area contributed by atoms with Crippen molar-refractivity contribution in [2.24, 2.45) is 5.92 Å². The van der Waals surface area contributed by atoms with Gasteiger partial charge < -0.3 is 16.0 Å². The van der Waals surface area contributed by atoms with Crippen LogP contribution in [0.1, 0.15) is 43.2 Å². The van der Waals surface area contributed by atoms with Gasteiger partial charge in [0.1, 0.15) is 27.0 Å². The third-order valence-electron chi connectivity index (χ3n) is 5.78. The van der Waals surface area contributed by atoms with Gasteiger partial charge in [0.05, 0.1) is 12.7 Å². The highest BCUT2D eigenvalue weighted by atomic mass is 32.1. The van der Waals surface area contributed by atoms with E-state index in [1.54, 1.807) is 11.3 Å². The highest BCUT2D eigenvalue weighted by Crippen LogP contribution is 2.26. The molecule has 0 aromatic carbocycles. The van der Waals surface area contributed by atoms with Gasteiger partial charge in [0.25, 0.3) is 0 Å². The van der Waals surface area contributed by atoms with Crippen molar-refractivity contribution in [3.05, 3.63) is 41.2 Å². The van der Waals surface area contributed by atoms with E-state index in [-0.39, 0.29) is 0 Å². The molecule has 1 aliphatic rings. The molecule has 31 heavy (non-hydrogen) atoms. The van der Waals surface area contributed by atoms with Gasteiger partial charge in [0.2, 0.25) is 0 Å². The smallest absolute Gasteiger partial charge is 0.163 e. The first kappa shape index (κ1) is 20.1. The molecule has 5 rings (SSSR count). The first-order valence-electron chi connectivity index (χ1n) is 10.9. The average molecular weight is 437 g/mol. The lowest BCUT2D eigenvalue weighted by Crippen LogP contribution is -2.31. The lowest BCUT2D eigenvalue weighted by Gasteiger charge is -2.23. The molecule has 0 saturated carbocycles. The number of hydrogen-bond donors (Lipinski definition) is 3. The number of pyridine rings is 1. The molecule has 3 N–H and O–H groups in total. The molecule has 0 bridgehead atoms. The van der Waals surface area contributed by atoms with E-state index in [2.05, 4.69) is 50.9 Å². The van der Waals surface area contributed by atoms with Crippen LogP contribution in [-0.4, -0.2) is 44.2 Å². The molecule has 1 aliphatic heterocycles. The van der Waals surface area contributed by atoms with E-state index in [1.807, 2.05) is 29.0 Å². The first-order chi connectivity index (χ1) is 15.2. The Kier molecular flexibility index (Phi) is 5.69. The molecule has 9 heteroatoms. The normalized spacial score (nSPS) is 15.2. The number of fused-ring (bicyclic) bond motifs is 2. The molecule has 1 fully saturated rings. The van der Waals surface area contributed by atoms with Crippen LogP contribution in [-0.2, 0) is 6.54 Å². The lowest BCUT2D eigenvalue weighted by molar-refractivity contribution is 0.389. The minimum Gasteiger partial charge on any atom is -0.370 e. The topological polar surface area (TPSA) is 92.1 Å². The van der Waals surface area contributed by atoms with Crippen molar-refractivity contribution in [3.8, 4) is 0 Å². The van der Waals surface area contributed by atoms with E-state index in [4.69, 9.17) is 4.98 Å². The zero-order chi connectivity index (χ0) is 21.2. The summed E-state index contributed by atoms with van der Waals surface area (Å²) in [5.41, 5.74) is 2.99. The van der Waals surface area contributed by atoms with Crippen LogP contribution in [0.3, 0.4) is 0 Å². The van der Waals surface area contributed by atoms with Gasteiger partial charge in [0.15, 0.2) is 5.65 Å². The van der Waals surface area contributed by atoms with Gasteiger partial charge in [-0.25, -0.2) is 15.0 Å². The van der Waals surface area contributed by atoms with E-state index in [0.29, 0.717) is 18.4 Å². The summed E-state index contributed by atoms with van der Waals surface area (Å²) in [6.07, 6.45) is 6.14. The summed E-state index contributed by atoms with van der Waals surface area (Å²) >= 11 is 1.61. The van der Waals surface area contributed by atoms with Crippen LogP contribution in [0.5, 0.6) is 0 Å². The second kappa shape index (κ2) is 8.76. The number of nitrogens with one attached hydrogen (secondary N) is 3. The Bertz CT molecular complexity index is 1140. The summed E-state index contributed by atoms with van der Waals surface area (Å²) < 4.78 is 1.90. The summed E-state index contributed by atoms with van der Waals surface area (Å²) in [5.74, 6) is 2.84. The molecular formula is C22H28N8S. The minimum absolute atomic E-state index is 0.354. The van der Waals surface area contributed by atoms with Crippen LogP contribution < -0.4 is 16.0 Å². The fourth-order valence-corrected chi connectivity index (χ4v) is 4.84. The second-order valence-corrected chi connectivity index (χ2v) is 9.44. The van der Waals surface area contributed by atoms with Crippen molar-refractivity contribution in [1.82, 2.24) is 29.9 Å². The third kappa shape index (κ3) is 4.33. The molecule has 162 valence electrons. The monoisotopic (exact) mass is 436 g/mol. The van der Waals surface area contributed by atoms with Gasteiger partial charge in [0, 0.05) is 24.4 Å². The maximum Gasteiger partial charge on any atom is 0.163 e. The Labute approximate surface area is 185 Å². The van der Waals surface area contributed by atoms with Gasteiger partial charge >= 0.3 is 0 Å². The number of aromatic nitrogens is 5. The summed E-state index contributed by atoms with van der Waals surface area (Å²) in [5, 5.41) is 16.1. The number of nitrogens with zero attached hydrogens (tertiary/aromatic N) is 5. The second-order valence-electron chi connectivity index (χ2n) is 8.38. The zero-order valence-electron chi connectivity index (χ0n) is 17.9. The van der Waals surface area contributed by atoms with Gasteiger partial charge in [-0.2, -0.15) is 9.61 Å². The zero-order valence-corrected chi connectivity index (χ0v) is 18.7. The predicted molar refractivity (Wildman–Crippen MR) is 126 cm³/mol. The Morgan fingerprint density at radius 3 is 2.90 bits per heavy atom. The molecule has 0 spiro atoms. The largest absolute Gasteiger partial charge is 0.370 e. The van der Waals surface area contributed by atoms with E-state index in [9.17, 15) is 0 Å². The molecule has 0 unspecified atom stereocenters. The molecule has 1 saturated heterocycles. The number of rotatable bonds is 7. The molecule has 0 aliphatic carbocycles. The molecule has 8 nitrogen and oxygen atoms in total. The molecule has 0 radical (unpaired) electrons. The Hall–Kier alpha value is -2.78. The number of hydrogen-bond acceptors (Lipinski definition) is 8. The summed E-state index contributed by atoms with van der Waals surface area (Å²) in [6.45, 7) is 8.11. The van der Waals surface area contributed by atoms with E-state index in [1.165, 1.54) is 12.8 Å². The summed E-state index contributed by atoms with van der Waals surface area (Å²) in [6, 6.07) is 5.97. The van der Waals surface area contributed by atoms with Gasteiger partial charge in [-0.1, -0.05) is 25.2 Å². The van der Waals surface area contributed by atoms with Gasteiger partial charge in [-0.3, -0.25) is 0 Å². The Morgan fingerprint density at radius 1 is 1.23 bits per heavy atom. The molecule has 4 aromatic heterocycles. The SMILES string of the molecule is CC(C)c1cnn2c(NCc3nc4cccnc4s3)cc(NCC3CCNCC3)nc12. The lowest BCUT2D eigenvalue weighted by atomic mass is 9.98. The van der Waals surface area contributed by atoms with Crippen LogP contribution >= 0.6 is 11.3 Å². The maximum absolute atomic E-state index is 4.90. The van der Waals surface area contributed by atoms with E-state index in [0.717, 1.165) is 57.8 Å². The van der Waals surface area contributed by atoms with Crippen LogP contribution in [0.4, 0.5) is 11.6 Å². The molecule has 5 heterocycles. The molecule has 0 amide bonds. The van der Waals surface area contributed by atoms with Crippen LogP contribution in [0.25, 0.3) is 16.0 Å². The number of anilines is 2. The minimum atomic E-state index is 0.354. The van der Waals surface area contributed by atoms with Gasteiger partial charge in [-0.15, -0.1) is 0 Å². The van der Waals surface area contributed by atoms with Crippen LogP contribution in [0.2, 0.25) is 0 Å². The van der Waals surface area contributed by atoms with Crippen molar-refractivity contribution in [2.75, 3.05) is 30.3 Å². The molecular weight excluding hydrogens is 408 g/mol. The Balaban J connectivity index is 1.40.